The molecule has 0 radical (unpaired) electrons. The molecule has 1 N–H and O–H groups in total. The first-order valence-electron chi connectivity index (χ1n) is 4.51. The molecule has 0 aliphatic carbocycles. The molecule has 0 fully saturated rings. The van der Waals surface area contributed by atoms with Crippen molar-refractivity contribution in [3.8, 4) is 0 Å². The van der Waals surface area contributed by atoms with Gasteiger partial charge >= 0.3 is 0 Å². The molecule has 14 heavy (non-hydrogen) atoms. The molecule has 0 unspecified atom stereocenters. The lowest BCUT2D eigenvalue weighted by Crippen LogP contribution is -2.43. The Morgan fingerprint density at radius 1 is 1.57 bits per heavy atom. The number of thiophene rings is 1. The molecule has 1 heterocycles. The smallest absolute Gasteiger partial charge is 0.0610 e. The van der Waals surface area contributed by atoms with Crippen LogP contribution >= 0.6 is 27.3 Å². The zero-order chi connectivity index (χ0) is 10.8. The van der Waals surface area contributed by atoms with Gasteiger partial charge in [-0.3, -0.25) is 4.90 Å². The lowest BCUT2D eigenvalue weighted by atomic mass is 10.1. The van der Waals surface area contributed by atoms with Crippen LogP contribution in [0.5, 0.6) is 0 Å². The van der Waals surface area contributed by atoms with E-state index in [-0.39, 0.29) is 12.1 Å². The number of nitrogens with zero attached hydrogens (tertiary/aromatic N) is 1. The molecular formula is C10H16BrNOS. The van der Waals surface area contributed by atoms with Gasteiger partial charge in [0.2, 0.25) is 0 Å². The minimum absolute atomic E-state index is 0.163. The second kappa shape index (κ2) is 4.75. The van der Waals surface area contributed by atoms with Gasteiger partial charge in [0.05, 0.1) is 6.61 Å². The number of aliphatic hydroxyl groups is 1. The Kier molecular flexibility index (Phi) is 4.13. The predicted octanol–water partition coefficient (Wildman–Crippen LogP) is 2.71. The van der Waals surface area contributed by atoms with E-state index in [1.807, 2.05) is 20.9 Å². The fraction of sp³-hybridized carbons (Fsp3) is 0.600. The van der Waals surface area contributed by atoms with E-state index < -0.39 is 0 Å². The summed E-state index contributed by atoms with van der Waals surface area (Å²) in [5.41, 5.74) is -0.163. The van der Waals surface area contributed by atoms with Crippen LogP contribution in [0.15, 0.2) is 15.9 Å². The van der Waals surface area contributed by atoms with E-state index in [4.69, 9.17) is 0 Å². The zero-order valence-corrected chi connectivity index (χ0v) is 11.2. The van der Waals surface area contributed by atoms with E-state index >= 15 is 0 Å². The Hall–Kier alpha value is 0.1000. The Morgan fingerprint density at radius 2 is 2.21 bits per heavy atom. The number of rotatable bonds is 4. The van der Waals surface area contributed by atoms with E-state index in [9.17, 15) is 5.11 Å². The molecule has 0 bridgehead atoms. The third-order valence-electron chi connectivity index (χ3n) is 2.49. The molecule has 0 spiro atoms. The average molecular weight is 278 g/mol. The summed E-state index contributed by atoms with van der Waals surface area (Å²) in [6.45, 7) is 5.11. The summed E-state index contributed by atoms with van der Waals surface area (Å²) in [5.74, 6) is 0. The van der Waals surface area contributed by atoms with Gasteiger partial charge in [0, 0.05) is 21.4 Å². The van der Waals surface area contributed by atoms with Crippen molar-refractivity contribution in [1.82, 2.24) is 4.90 Å². The molecule has 4 heteroatoms. The van der Waals surface area contributed by atoms with Crippen LogP contribution in [0.1, 0.15) is 18.7 Å². The molecule has 0 aliphatic rings. The third kappa shape index (κ3) is 2.79. The van der Waals surface area contributed by atoms with Gasteiger partial charge in [-0.15, -0.1) is 11.3 Å². The molecule has 1 aromatic rings. The summed E-state index contributed by atoms with van der Waals surface area (Å²) in [4.78, 5) is 3.46. The lowest BCUT2D eigenvalue weighted by Gasteiger charge is -2.33. The van der Waals surface area contributed by atoms with E-state index in [2.05, 4.69) is 32.3 Å². The van der Waals surface area contributed by atoms with Gasteiger partial charge in [-0.25, -0.2) is 0 Å². The van der Waals surface area contributed by atoms with Gasteiger partial charge in [-0.05, 0) is 48.3 Å². The molecule has 0 saturated heterocycles. The van der Waals surface area contributed by atoms with Gasteiger partial charge in [-0.2, -0.15) is 0 Å². The van der Waals surface area contributed by atoms with E-state index in [0.717, 1.165) is 11.0 Å². The van der Waals surface area contributed by atoms with Crippen LogP contribution in [0, 0.1) is 0 Å². The van der Waals surface area contributed by atoms with Gasteiger partial charge in [0.25, 0.3) is 0 Å². The minimum atomic E-state index is -0.163. The second-order valence-electron chi connectivity index (χ2n) is 4.02. The molecule has 0 aliphatic heterocycles. The largest absolute Gasteiger partial charge is 0.394 e. The highest BCUT2D eigenvalue weighted by Crippen LogP contribution is 2.26. The van der Waals surface area contributed by atoms with Crippen LogP contribution in [0.2, 0.25) is 0 Å². The molecule has 0 saturated carbocycles. The number of hydrogen-bond acceptors (Lipinski definition) is 3. The van der Waals surface area contributed by atoms with E-state index in [0.29, 0.717) is 0 Å². The Labute approximate surface area is 97.7 Å². The summed E-state index contributed by atoms with van der Waals surface area (Å²) in [5, 5.41) is 11.3. The number of aliphatic hydroxyl groups excluding tert-OH is 1. The molecule has 0 amide bonds. The third-order valence-corrected chi connectivity index (χ3v) is 4.40. The molecular weight excluding hydrogens is 262 g/mol. The maximum atomic E-state index is 9.21. The van der Waals surface area contributed by atoms with Crippen LogP contribution in [-0.2, 0) is 6.54 Å². The van der Waals surface area contributed by atoms with Crippen LogP contribution in [0.3, 0.4) is 0 Å². The molecule has 0 aromatic carbocycles. The Morgan fingerprint density at radius 3 is 2.64 bits per heavy atom. The Bertz CT molecular complexity index is 298. The van der Waals surface area contributed by atoms with Crippen molar-refractivity contribution >= 4 is 27.3 Å². The van der Waals surface area contributed by atoms with Crippen LogP contribution in [0.25, 0.3) is 0 Å². The van der Waals surface area contributed by atoms with Gasteiger partial charge < -0.3 is 5.11 Å². The van der Waals surface area contributed by atoms with Crippen LogP contribution < -0.4 is 0 Å². The topological polar surface area (TPSA) is 23.5 Å². The second-order valence-corrected chi connectivity index (χ2v) is 5.87. The average Bonchev–Trinajstić information content (AvgIpc) is 2.52. The minimum Gasteiger partial charge on any atom is -0.394 e. The van der Waals surface area contributed by atoms with Crippen molar-refractivity contribution in [2.75, 3.05) is 13.7 Å². The standard InChI is InChI=1S/C10H16BrNOS/c1-10(2,7-13)12(3)6-9-8(11)4-5-14-9/h4-5,13H,6-7H2,1-3H3. The molecule has 80 valence electrons. The SMILES string of the molecule is CN(Cc1sccc1Br)C(C)(C)CO. The maximum absolute atomic E-state index is 9.21. The van der Waals surface area contributed by atoms with Gasteiger partial charge in [0.1, 0.15) is 0 Å². The fourth-order valence-corrected chi connectivity index (χ4v) is 2.52. The number of hydrogen-bond donors (Lipinski definition) is 1. The van der Waals surface area contributed by atoms with Crippen molar-refractivity contribution in [1.29, 1.82) is 0 Å². The zero-order valence-electron chi connectivity index (χ0n) is 8.75. The normalized spacial score (nSPS) is 12.4. The van der Waals surface area contributed by atoms with Crippen LogP contribution in [0.4, 0.5) is 0 Å². The Balaban J connectivity index is 2.66. The van der Waals surface area contributed by atoms with E-state index in [1.165, 1.54) is 4.88 Å². The molecule has 2 nitrogen and oxygen atoms in total. The first-order valence-corrected chi connectivity index (χ1v) is 6.18. The summed E-state index contributed by atoms with van der Waals surface area (Å²) < 4.78 is 1.16. The van der Waals surface area contributed by atoms with Crippen molar-refractivity contribution in [2.45, 2.75) is 25.9 Å². The van der Waals surface area contributed by atoms with Crippen molar-refractivity contribution in [3.05, 3.63) is 20.8 Å². The van der Waals surface area contributed by atoms with Gasteiger partial charge in [-0.1, -0.05) is 0 Å². The van der Waals surface area contributed by atoms with Crippen molar-refractivity contribution in [2.24, 2.45) is 0 Å². The lowest BCUT2D eigenvalue weighted by molar-refractivity contribution is 0.0740. The van der Waals surface area contributed by atoms with Gasteiger partial charge in [0.15, 0.2) is 0 Å². The molecule has 1 rings (SSSR count). The number of likely N-dealkylation sites (N-methyl/N-ethyl adjacent to an activating group) is 1. The molecule has 1 aromatic heterocycles. The first-order chi connectivity index (χ1) is 6.47. The molecule has 0 atom stereocenters. The number of halogens is 1. The van der Waals surface area contributed by atoms with Crippen LogP contribution in [-0.4, -0.2) is 29.2 Å². The van der Waals surface area contributed by atoms with Crippen molar-refractivity contribution < 1.29 is 5.11 Å². The fourth-order valence-electron chi connectivity index (χ4n) is 0.988. The van der Waals surface area contributed by atoms with Crippen molar-refractivity contribution in [3.63, 3.8) is 0 Å². The summed E-state index contributed by atoms with van der Waals surface area (Å²) in [6.07, 6.45) is 0. The summed E-state index contributed by atoms with van der Waals surface area (Å²) in [7, 11) is 2.03. The highest BCUT2D eigenvalue weighted by atomic mass is 79.9. The monoisotopic (exact) mass is 277 g/mol. The maximum Gasteiger partial charge on any atom is 0.0610 e. The predicted molar refractivity (Wildman–Crippen MR) is 64.7 cm³/mol. The quantitative estimate of drug-likeness (QED) is 0.915. The first kappa shape index (κ1) is 12.2. The van der Waals surface area contributed by atoms with E-state index in [1.54, 1.807) is 11.3 Å². The summed E-state index contributed by atoms with van der Waals surface area (Å²) >= 11 is 5.24. The highest BCUT2D eigenvalue weighted by molar-refractivity contribution is 9.10. The highest BCUT2D eigenvalue weighted by Gasteiger charge is 2.23. The summed E-state index contributed by atoms with van der Waals surface area (Å²) in [6, 6.07) is 2.06.